The summed E-state index contributed by atoms with van der Waals surface area (Å²) in [6.45, 7) is 4.51. The van der Waals surface area contributed by atoms with Gasteiger partial charge in [0.1, 0.15) is 10.7 Å². The van der Waals surface area contributed by atoms with Gasteiger partial charge in [-0.05, 0) is 32.1 Å². The molecule has 0 aliphatic heterocycles. The molecule has 0 bridgehead atoms. The van der Waals surface area contributed by atoms with Gasteiger partial charge >= 0.3 is 18.1 Å². The van der Waals surface area contributed by atoms with Gasteiger partial charge in [0.05, 0.1) is 10.9 Å². The average molecular weight is 619 g/mol. The van der Waals surface area contributed by atoms with E-state index in [0.717, 1.165) is 40.9 Å². The Hall–Kier alpha value is -3.07. The van der Waals surface area contributed by atoms with Gasteiger partial charge < -0.3 is 20.1 Å². The van der Waals surface area contributed by atoms with Crippen molar-refractivity contribution in [3.05, 3.63) is 32.2 Å². The zero-order chi connectivity index (χ0) is 30.5. The summed E-state index contributed by atoms with van der Waals surface area (Å²) in [5, 5.41) is 14.8. The second-order valence-corrected chi connectivity index (χ2v) is 12.2. The second-order valence-electron chi connectivity index (χ2n) is 10.4. The lowest BCUT2D eigenvalue weighted by Crippen LogP contribution is -2.39. The maximum Gasteiger partial charge on any atom is 0.434 e. The quantitative estimate of drug-likeness (QED) is 0.290. The lowest BCUT2D eigenvalue weighted by Gasteiger charge is -2.28. The Bertz CT molecular complexity index is 1250. The first kappa shape index (κ1) is 32.4. The zero-order valence-corrected chi connectivity index (χ0v) is 24.7. The highest BCUT2D eigenvalue weighted by atomic mass is 32.1. The third kappa shape index (κ3) is 9.76. The van der Waals surface area contributed by atoms with Crippen LogP contribution in [0.2, 0.25) is 0 Å². The number of nitrogens with one attached hydrogen (secondary N) is 1. The molecule has 10 nitrogen and oxygen atoms in total. The van der Waals surface area contributed by atoms with Gasteiger partial charge in [0.2, 0.25) is 5.91 Å². The van der Waals surface area contributed by atoms with E-state index in [4.69, 9.17) is 4.74 Å². The van der Waals surface area contributed by atoms with Crippen LogP contribution in [0.25, 0.3) is 0 Å². The van der Waals surface area contributed by atoms with Crippen molar-refractivity contribution >= 4 is 46.4 Å². The Kier molecular flexibility index (Phi) is 10.9. The molecular weight excluding hydrogens is 585 g/mol. The number of alkyl halides is 3. The molecule has 15 heteroatoms. The first-order chi connectivity index (χ1) is 19.1. The third-order valence-corrected chi connectivity index (χ3v) is 8.57. The lowest BCUT2D eigenvalue weighted by atomic mass is 9.99. The highest BCUT2D eigenvalue weighted by Gasteiger charge is 2.34. The number of amides is 2. The number of rotatable bonds is 14. The first-order valence-corrected chi connectivity index (χ1v) is 14.8. The standard InChI is InChI=1S/C26H33F3N4O6S2/c1-13(25(37)38)7-17(10-21-32-20(12-40-21)26(27,28)29)30-23(36)18-11-41-24(31-18)19(39-15(3)34)8-14(2)33(4)22(35)9-16-5-6-16/h11-14,16-17,19H,5-10H2,1-4H3,(H,30,36)(H,37,38)/t13-,14-,17+,19+/m0/s1. The van der Waals surface area contributed by atoms with Gasteiger partial charge in [-0.25, -0.2) is 9.97 Å². The van der Waals surface area contributed by atoms with E-state index in [2.05, 4.69) is 15.3 Å². The molecule has 0 radical (unpaired) electrons. The number of aliphatic carboxylic acids is 1. The van der Waals surface area contributed by atoms with Crippen LogP contribution in [0, 0.1) is 11.8 Å². The van der Waals surface area contributed by atoms with E-state index in [1.807, 2.05) is 6.92 Å². The van der Waals surface area contributed by atoms with Gasteiger partial charge in [0, 0.05) is 56.1 Å². The Morgan fingerprint density at radius 1 is 1.15 bits per heavy atom. The van der Waals surface area contributed by atoms with Crippen LogP contribution in [0.1, 0.15) is 85.2 Å². The SMILES string of the molecule is CC(=O)O[C@H](C[C@H](C)N(C)C(=O)CC1CC1)c1nc(C(=O)N[C@@H](Cc2nc(C(F)(F)F)cs2)C[C@H](C)C(=O)O)cs1. The van der Waals surface area contributed by atoms with E-state index >= 15 is 0 Å². The number of hydrogen-bond donors (Lipinski definition) is 2. The Labute approximate surface area is 243 Å². The van der Waals surface area contributed by atoms with Crippen LogP contribution in [-0.4, -0.2) is 62.9 Å². The smallest absolute Gasteiger partial charge is 0.434 e. The predicted molar refractivity (Wildman–Crippen MR) is 144 cm³/mol. The summed E-state index contributed by atoms with van der Waals surface area (Å²) in [5.41, 5.74) is -1.07. The van der Waals surface area contributed by atoms with Crippen molar-refractivity contribution in [3.63, 3.8) is 0 Å². The fourth-order valence-electron chi connectivity index (χ4n) is 4.09. The molecule has 1 aliphatic rings. The number of hydrogen-bond acceptors (Lipinski definition) is 9. The Morgan fingerprint density at radius 3 is 2.39 bits per heavy atom. The molecule has 2 heterocycles. The molecule has 41 heavy (non-hydrogen) atoms. The number of aromatic nitrogens is 2. The molecule has 2 amide bonds. The Morgan fingerprint density at radius 2 is 1.83 bits per heavy atom. The molecule has 2 aromatic rings. The molecule has 3 rings (SSSR count). The van der Waals surface area contributed by atoms with Crippen molar-refractivity contribution in [3.8, 4) is 0 Å². The largest absolute Gasteiger partial charge is 0.481 e. The summed E-state index contributed by atoms with van der Waals surface area (Å²) in [5.74, 6) is -2.79. The number of esters is 1. The van der Waals surface area contributed by atoms with Crippen LogP contribution >= 0.6 is 22.7 Å². The minimum atomic E-state index is -4.62. The van der Waals surface area contributed by atoms with Gasteiger partial charge in [0.25, 0.3) is 5.91 Å². The molecule has 0 unspecified atom stereocenters. The molecule has 2 N–H and O–H groups in total. The molecule has 226 valence electrons. The summed E-state index contributed by atoms with van der Waals surface area (Å²) >= 11 is 1.86. The van der Waals surface area contributed by atoms with E-state index in [9.17, 15) is 37.5 Å². The normalized spacial score (nSPS) is 16.4. The molecule has 0 saturated heterocycles. The van der Waals surface area contributed by atoms with Gasteiger partial charge in [-0.15, -0.1) is 22.7 Å². The van der Waals surface area contributed by atoms with Gasteiger partial charge in [-0.1, -0.05) is 6.92 Å². The summed E-state index contributed by atoms with van der Waals surface area (Å²) < 4.78 is 44.4. The van der Waals surface area contributed by atoms with Crippen LogP contribution < -0.4 is 5.32 Å². The topological polar surface area (TPSA) is 139 Å². The zero-order valence-electron chi connectivity index (χ0n) is 23.1. The number of nitrogens with zero attached hydrogens (tertiary/aromatic N) is 3. The van der Waals surface area contributed by atoms with Gasteiger partial charge in [-0.3, -0.25) is 19.2 Å². The maximum atomic E-state index is 13.1. The van der Waals surface area contributed by atoms with Crippen LogP contribution in [0.3, 0.4) is 0 Å². The van der Waals surface area contributed by atoms with E-state index in [1.54, 1.807) is 11.9 Å². The maximum absolute atomic E-state index is 13.1. The summed E-state index contributed by atoms with van der Waals surface area (Å²) in [7, 11) is 1.69. The number of carbonyl (C=O) groups excluding carboxylic acids is 3. The lowest BCUT2D eigenvalue weighted by molar-refractivity contribution is -0.148. The molecule has 1 saturated carbocycles. The van der Waals surface area contributed by atoms with Crippen LogP contribution in [-0.2, 0) is 31.7 Å². The molecule has 2 aromatic heterocycles. The van der Waals surface area contributed by atoms with Crippen molar-refractivity contribution in [1.82, 2.24) is 20.2 Å². The number of ether oxygens (including phenoxy) is 1. The fourth-order valence-corrected chi connectivity index (χ4v) is 5.81. The van der Waals surface area contributed by atoms with Crippen LogP contribution in [0.15, 0.2) is 10.8 Å². The van der Waals surface area contributed by atoms with E-state index in [1.165, 1.54) is 19.2 Å². The van der Waals surface area contributed by atoms with Gasteiger partial charge in [-0.2, -0.15) is 13.2 Å². The van der Waals surface area contributed by atoms with E-state index in [-0.39, 0.29) is 41.9 Å². The Balaban J connectivity index is 1.72. The minimum Gasteiger partial charge on any atom is -0.481 e. The monoisotopic (exact) mass is 618 g/mol. The van der Waals surface area contributed by atoms with Crippen LogP contribution in [0.4, 0.5) is 13.2 Å². The molecule has 0 aromatic carbocycles. The number of halogens is 3. The van der Waals surface area contributed by atoms with E-state index < -0.39 is 47.8 Å². The highest BCUT2D eigenvalue weighted by Crippen LogP contribution is 2.34. The van der Waals surface area contributed by atoms with Crippen molar-refractivity contribution in [2.75, 3.05) is 7.05 Å². The van der Waals surface area contributed by atoms with Crippen LogP contribution in [0.5, 0.6) is 0 Å². The number of carbonyl (C=O) groups is 4. The molecule has 1 fully saturated rings. The molecular formula is C26H33F3N4O6S2. The van der Waals surface area contributed by atoms with Crippen molar-refractivity contribution < 1.29 is 42.2 Å². The first-order valence-electron chi connectivity index (χ1n) is 13.1. The van der Waals surface area contributed by atoms with E-state index in [0.29, 0.717) is 17.3 Å². The molecule has 4 atom stereocenters. The number of thiazole rings is 2. The third-order valence-electron chi connectivity index (χ3n) is 6.77. The fraction of sp³-hybridized carbons (Fsp3) is 0.615. The summed E-state index contributed by atoms with van der Waals surface area (Å²) in [4.78, 5) is 58.4. The molecule has 1 aliphatic carbocycles. The van der Waals surface area contributed by atoms with Gasteiger partial charge in [0.15, 0.2) is 11.8 Å². The predicted octanol–water partition coefficient (Wildman–Crippen LogP) is 4.71. The second kappa shape index (κ2) is 13.7. The molecule has 0 spiro atoms. The number of carboxylic acid groups (broad SMARTS) is 1. The summed E-state index contributed by atoms with van der Waals surface area (Å²) in [6, 6.07) is -1.12. The van der Waals surface area contributed by atoms with Crippen molar-refractivity contribution in [1.29, 1.82) is 0 Å². The highest BCUT2D eigenvalue weighted by molar-refractivity contribution is 7.10. The summed E-state index contributed by atoms with van der Waals surface area (Å²) in [6.07, 6.45) is -2.76. The van der Waals surface area contributed by atoms with Crippen molar-refractivity contribution in [2.24, 2.45) is 11.8 Å². The minimum absolute atomic E-state index is 0.00463. The van der Waals surface area contributed by atoms with Crippen molar-refractivity contribution in [2.45, 2.75) is 83.7 Å². The average Bonchev–Trinajstić information content (AvgIpc) is 3.34. The number of carboxylic acids is 1.